The average molecular weight is 509 g/mol. The van der Waals surface area contributed by atoms with E-state index in [0.717, 1.165) is 5.56 Å². The Morgan fingerprint density at radius 1 is 1.04 bits per heavy atom. The molecule has 0 aromatic heterocycles. The molecule has 26 heavy (non-hydrogen) atoms. The fourth-order valence-corrected chi connectivity index (χ4v) is 3.42. The fourth-order valence-electron chi connectivity index (χ4n) is 2.09. The predicted molar refractivity (Wildman–Crippen MR) is 117 cm³/mol. The summed E-state index contributed by atoms with van der Waals surface area (Å²) in [7, 11) is -1.91. The highest BCUT2D eigenvalue weighted by Crippen LogP contribution is 2.14. The number of benzene rings is 2. The smallest absolute Gasteiger partial charge is 0.240 e. The second-order valence-corrected chi connectivity index (χ2v) is 7.40. The first-order valence-electron chi connectivity index (χ1n) is 7.75. The molecule has 9 heteroatoms. The molecule has 0 heterocycles. The number of rotatable bonds is 7. The molecule has 0 saturated heterocycles. The van der Waals surface area contributed by atoms with Gasteiger partial charge in [-0.05, 0) is 23.8 Å². The Morgan fingerprint density at radius 3 is 2.42 bits per heavy atom. The van der Waals surface area contributed by atoms with E-state index in [-0.39, 0.29) is 35.4 Å². The van der Waals surface area contributed by atoms with Gasteiger partial charge in [0.05, 0.1) is 4.90 Å². The molecule has 0 aliphatic heterocycles. The van der Waals surface area contributed by atoms with Crippen molar-refractivity contribution >= 4 is 51.6 Å². The zero-order valence-corrected chi connectivity index (χ0v) is 18.2. The number of aliphatic imine (C=N–C) groups is 1. The van der Waals surface area contributed by atoms with Crippen LogP contribution in [0, 0.1) is 0 Å². The summed E-state index contributed by atoms with van der Waals surface area (Å²) in [5.74, 6) is 0.603. The SMILES string of the molecule is CN=C(NCCNS(=O)(=O)c1cccc(Cl)c1)NCc1ccccc1.I. The van der Waals surface area contributed by atoms with Gasteiger partial charge in [-0.3, -0.25) is 4.99 Å². The zero-order chi connectivity index (χ0) is 18.1. The molecule has 0 aliphatic carbocycles. The Kier molecular flexibility index (Phi) is 9.92. The van der Waals surface area contributed by atoms with Crippen LogP contribution in [0.15, 0.2) is 64.5 Å². The normalized spacial score (nSPS) is 11.5. The minimum absolute atomic E-state index is 0. The van der Waals surface area contributed by atoms with E-state index < -0.39 is 10.0 Å². The number of hydrogen-bond acceptors (Lipinski definition) is 3. The van der Waals surface area contributed by atoms with E-state index in [1.54, 1.807) is 19.2 Å². The number of sulfonamides is 1. The molecule has 142 valence electrons. The van der Waals surface area contributed by atoms with E-state index in [4.69, 9.17) is 11.6 Å². The first kappa shape index (κ1) is 22.7. The Morgan fingerprint density at radius 2 is 1.77 bits per heavy atom. The molecule has 0 amide bonds. The summed E-state index contributed by atoms with van der Waals surface area (Å²) in [5, 5.41) is 6.61. The van der Waals surface area contributed by atoms with Crippen molar-refractivity contribution in [3.63, 3.8) is 0 Å². The van der Waals surface area contributed by atoms with Crippen molar-refractivity contribution < 1.29 is 8.42 Å². The van der Waals surface area contributed by atoms with E-state index in [1.807, 2.05) is 30.3 Å². The van der Waals surface area contributed by atoms with Crippen molar-refractivity contribution in [2.75, 3.05) is 20.1 Å². The first-order chi connectivity index (χ1) is 12.0. The van der Waals surface area contributed by atoms with E-state index in [9.17, 15) is 8.42 Å². The zero-order valence-electron chi connectivity index (χ0n) is 14.3. The van der Waals surface area contributed by atoms with Gasteiger partial charge in [-0.1, -0.05) is 48.0 Å². The maximum Gasteiger partial charge on any atom is 0.240 e. The largest absolute Gasteiger partial charge is 0.355 e. The van der Waals surface area contributed by atoms with E-state index >= 15 is 0 Å². The second kappa shape index (κ2) is 11.4. The molecule has 0 bridgehead atoms. The number of halogens is 2. The van der Waals surface area contributed by atoms with E-state index in [1.165, 1.54) is 12.1 Å². The van der Waals surface area contributed by atoms with Crippen LogP contribution in [0.5, 0.6) is 0 Å². The summed E-state index contributed by atoms with van der Waals surface area (Å²) in [6.07, 6.45) is 0. The predicted octanol–water partition coefficient (Wildman–Crippen LogP) is 2.60. The van der Waals surface area contributed by atoms with Gasteiger partial charge in [-0.15, -0.1) is 24.0 Å². The third-order valence-electron chi connectivity index (χ3n) is 3.34. The van der Waals surface area contributed by atoms with Gasteiger partial charge in [0, 0.05) is 31.7 Å². The number of guanidine groups is 1. The summed E-state index contributed by atoms with van der Waals surface area (Å²) in [4.78, 5) is 4.25. The van der Waals surface area contributed by atoms with E-state index in [2.05, 4.69) is 20.3 Å². The summed E-state index contributed by atoms with van der Waals surface area (Å²) >= 11 is 5.83. The van der Waals surface area contributed by atoms with Crippen LogP contribution in [-0.2, 0) is 16.6 Å². The van der Waals surface area contributed by atoms with Gasteiger partial charge in [0.1, 0.15) is 0 Å². The third kappa shape index (κ3) is 7.48. The van der Waals surface area contributed by atoms with Crippen LogP contribution in [0.25, 0.3) is 0 Å². The fraction of sp³-hybridized carbons (Fsp3) is 0.235. The van der Waals surface area contributed by atoms with Gasteiger partial charge >= 0.3 is 0 Å². The highest BCUT2D eigenvalue weighted by Gasteiger charge is 2.13. The molecule has 2 aromatic rings. The molecule has 0 radical (unpaired) electrons. The van der Waals surface area contributed by atoms with Crippen LogP contribution < -0.4 is 15.4 Å². The van der Waals surface area contributed by atoms with Gasteiger partial charge in [-0.2, -0.15) is 0 Å². The lowest BCUT2D eigenvalue weighted by Gasteiger charge is -2.12. The monoisotopic (exact) mass is 508 g/mol. The number of nitrogens with zero attached hydrogens (tertiary/aromatic N) is 1. The van der Waals surface area contributed by atoms with Crippen molar-refractivity contribution in [2.45, 2.75) is 11.4 Å². The first-order valence-corrected chi connectivity index (χ1v) is 9.61. The summed E-state index contributed by atoms with van der Waals surface area (Å²) < 4.78 is 26.9. The molecule has 0 aliphatic rings. The van der Waals surface area contributed by atoms with Crippen molar-refractivity contribution in [3.8, 4) is 0 Å². The second-order valence-electron chi connectivity index (χ2n) is 5.19. The maximum atomic E-state index is 12.2. The molecule has 0 spiro atoms. The third-order valence-corrected chi connectivity index (χ3v) is 5.04. The number of nitrogens with one attached hydrogen (secondary N) is 3. The van der Waals surface area contributed by atoms with Crippen LogP contribution in [0.3, 0.4) is 0 Å². The van der Waals surface area contributed by atoms with Crippen molar-refractivity contribution in [1.82, 2.24) is 15.4 Å². The average Bonchev–Trinajstić information content (AvgIpc) is 2.62. The Labute approximate surface area is 176 Å². The van der Waals surface area contributed by atoms with Crippen LogP contribution in [0.2, 0.25) is 5.02 Å². The lowest BCUT2D eigenvalue weighted by molar-refractivity contribution is 0.580. The lowest BCUT2D eigenvalue weighted by atomic mass is 10.2. The highest BCUT2D eigenvalue weighted by atomic mass is 127. The molecule has 2 aromatic carbocycles. The van der Waals surface area contributed by atoms with Gasteiger partial charge in [0.25, 0.3) is 0 Å². The van der Waals surface area contributed by atoms with Crippen LogP contribution in [0.1, 0.15) is 5.56 Å². The molecular weight excluding hydrogens is 487 g/mol. The van der Waals surface area contributed by atoms with Gasteiger partial charge in [-0.25, -0.2) is 13.1 Å². The van der Waals surface area contributed by atoms with E-state index in [0.29, 0.717) is 24.1 Å². The number of hydrogen-bond donors (Lipinski definition) is 3. The summed E-state index contributed by atoms with van der Waals surface area (Å²) in [5.41, 5.74) is 1.13. The molecule has 0 unspecified atom stereocenters. The van der Waals surface area contributed by atoms with Crippen molar-refractivity contribution in [2.24, 2.45) is 4.99 Å². The molecule has 0 atom stereocenters. The van der Waals surface area contributed by atoms with Gasteiger partial charge in [0.2, 0.25) is 10.0 Å². The van der Waals surface area contributed by atoms with Crippen LogP contribution in [0.4, 0.5) is 0 Å². The Bertz CT molecular complexity index is 817. The molecular formula is C17H22ClIN4O2S. The molecule has 0 fully saturated rings. The quantitative estimate of drug-likeness (QED) is 0.232. The van der Waals surface area contributed by atoms with Crippen LogP contribution >= 0.6 is 35.6 Å². The lowest BCUT2D eigenvalue weighted by Crippen LogP contribution is -2.41. The maximum absolute atomic E-state index is 12.2. The minimum Gasteiger partial charge on any atom is -0.355 e. The van der Waals surface area contributed by atoms with Gasteiger partial charge < -0.3 is 10.6 Å². The van der Waals surface area contributed by atoms with Crippen LogP contribution in [-0.4, -0.2) is 34.5 Å². The summed E-state index contributed by atoms with van der Waals surface area (Å²) in [6, 6.07) is 16.1. The van der Waals surface area contributed by atoms with Crippen molar-refractivity contribution in [1.29, 1.82) is 0 Å². The molecule has 3 N–H and O–H groups in total. The molecule has 2 rings (SSSR count). The molecule has 0 saturated carbocycles. The van der Waals surface area contributed by atoms with Gasteiger partial charge in [0.15, 0.2) is 5.96 Å². The summed E-state index contributed by atoms with van der Waals surface area (Å²) in [6.45, 7) is 1.25. The minimum atomic E-state index is -3.58. The Hall–Kier alpha value is -1.36. The molecule has 6 nitrogen and oxygen atoms in total. The topological polar surface area (TPSA) is 82.6 Å². The van der Waals surface area contributed by atoms with Crippen molar-refractivity contribution in [3.05, 3.63) is 65.2 Å². The Balaban J connectivity index is 0.00000338. The highest BCUT2D eigenvalue weighted by molar-refractivity contribution is 14.0. The standard InChI is InChI=1S/C17H21ClN4O2S.HI/c1-19-17(21-13-14-6-3-2-4-7-14)20-10-11-22-25(23,24)16-9-5-8-15(18)12-16;/h2-9,12,22H,10-11,13H2,1H3,(H2,19,20,21);1H.